The third-order valence-corrected chi connectivity index (χ3v) is 2.59. The summed E-state index contributed by atoms with van der Waals surface area (Å²) in [6.45, 7) is 0.0241. The summed E-state index contributed by atoms with van der Waals surface area (Å²) in [7, 11) is 1.62. The van der Waals surface area contributed by atoms with E-state index in [0.717, 1.165) is 16.5 Å². The average Bonchev–Trinajstić information content (AvgIpc) is 2.36. The van der Waals surface area contributed by atoms with E-state index in [1.165, 1.54) is 0 Å². The second-order valence-electron chi connectivity index (χ2n) is 3.49. The standard InChI is InChI=1S/C13H13NO2/c1-16-13-7-6-10(12(15)8-14)9-4-2-3-5-11(9)13/h2-7H,8,14H2,1H3. The van der Waals surface area contributed by atoms with Crippen molar-refractivity contribution < 1.29 is 9.53 Å². The summed E-state index contributed by atoms with van der Waals surface area (Å²) in [5, 5.41) is 1.82. The fourth-order valence-electron chi connectivity index (χ4n) is 1.80. The topological polar surface area (TPSA) is 52.3 Å². The van der Waals surface area contributed by atoms with Crippen molar-refractivity contribution in [3.63, 3.8) is 0 Å². The highest BCUT2D eigenvalue weighted by Crippen LogP contribution is 2.28. The molecule has 3 heteroatoms. The lowest BCUT2D eigenvalue weighted by Crippen LogP contribution is -2.13. The monoisotopic (exact) mass is 215 g/mol. The van der Waals surface area contributed by atoms with E-state index in [1.54, 1.807) is 19.2 Å². The Morgan fingerprint density at radius 3 is 2.50 bits per heavy atom. The summed E-state index contributed by atoms with van der Waals surface area (Å²) in [6, 6.07) is 11.2. The Hall–Kier alpha value is -1.87. The number of rotatable bonds is 3. The second-order valence-corrected chi connectivity index (χ2v) is 3.49. The Bertz CT molecular complexity index is 534. The molecule has 0 aromatic heterocycles. The normalized spacial score (nSPS) is 10.4. The van der Waals surface area contributed by atoms with Gasteiger partial charge < -0.3 is 10.5 Å². The van der Waals surface area contributed by atoms with Gasteiger partial charge in [0, 0.05) is 10.9 Å². The highest BCUT2D eigenvalue weighted by Gasteiger charge is 2.10. The average molecular weight is 215 g/mol. The number of methoxy groups -OCH3 is 1. The molecule has 0 unspecified atom stereocenters. The number of carbonyl (C=O) groups is 1. The highest BCUT2D eigenvalue weighted by atomic mass is 16.5. The number of Topliss-reactive ketones (excluding diaryl/α,β-unsaturated/α-hetero) is 1. The SMILES string of the molecule is COc1ccc(C(=O)CN)c2ccccc12. The Labute approximate surface area is 93.8 Å². The van der Waals surface area contributed by atoms with E-state index in [9.17, 15) is 4.79 Å². The van der Waals surface area contributed by atoms with Gasteiger partial charge in [0.15, 0.2) is 5.78 Å². The molecule has 2 N–H and O–H groups in total. The number of ketones is 1. The summed E-state index contributed by atoms with van der Waals surface area (Å²) in [6.07, 6.45) is 0. The molecule has 0 bridgehead atoms. The minimum absolute atomic E-state index is 0.0241. The molecule has 0 fully saturated rings. The van der Waals surface area contributed by atoms with E-state index in [0.29, 0.717) is 5.56 Å². The van der Waals surface area contributed by atoms with Crippen molar-refractivity contribution in [2.45, 2.75) is 0 Å². The predicted octanol–water partition coefficient (Wildman–Crippen LogP) is 1.99. The van der Waals surface area contributed by atoms with Crippen LogP contribution >= 0.6 is 0 Å². The molecule has 16 heavy (non-hydrogen) atoms. The first-order valence-electron chi connectivity index (χ1n) is 5.07. The molecule has 0 spiro atoms. The number of nitrogens with two attached hydrogens (primary N) is 1. The van der Waals surface area contributed by atoms with Crippen LogP contribution in [0.5, 0.6) is 5.75 Å². The highest BCUT2D eigenvalue weighted by molar-refractivity contribution is 6.10. The molecule has 0 saturated carbocycles. The molecule has 0 amide bonds. The van der Waals surface area contributed by atoms with Crippen LogP contribution in [0, 0.1) is 0 Å². The van der Waals surface area contributed by atoms with Crippen molar-refractivity contribution in [1.82, 2.24) is 0 Å². The first kappa shape index (κ1) is 10.6. The maximum absolute atomic E-state index is 11.7. The first-order chi connectivity index (χ1) is 7.77. The van der Waals surface area contributed by atoms with E-state index in [1.807, 2.05) is 24.3 Å². The molecule has 3 nitrogen and oxygen atoms in total. The van der Waals surface area contributed by atoms with Gasteiger partial charge in [0.05, 0.1) is 13.7 Å². The van der Waals surface area contributed by atoms with Gasteiger partial charge in [-0.3, -0.25) is 4.79 Å². The van der Waals surface area contributed by atoms with Gasteiger partial charge >= 0.3 is 0 Å². The number of hydrogen-bond donors (Lipinski definition) is 1. The molecule has 0 aliphatic carbocycles. The third kappa shape index (κ3) is 1.66. The van der Waals surface area contributed by atoms with Crippen LogP contribution in [0.4, 0.5) is 0 Å². The van der Waals surface area contributed by atoms with Crippen molar-refractivity contribution in [1.29, 1.82) is 0 Å². The lowest BCUT2D eigenvalue weighted by atomic mass is 10.0. The van der Waals surface area contributed by atoms with Gasteiger partial charge in [0.25, 0.3) is 0 Å². The molecule has 0 radical (unpaired) electrons. The minimum atomic E-state index is -0.0566. The summed E-state index contributed by atoms with van der Waals surface area (Å²) in [5.74, 6) is 0.711. The molecule has 82 valence electrons. The molecule has 0 heterocycles. The Kier molecular flexibility index (Phi) is 2.88. The van der Waals surface area contributed by atoms with Crippen LogP contribution in [-0.4, -0.2) is 19.4 Å². The van der Waals surface area contributed by atoms with Crippen LogP contribution in [0.25, 0.3) is 10.8 Å². The summed E-state index contributed by atoms with van der Waals surface area (Å²) >= 11 is 0. The fourth-order valence-corrected chi connectivity index (χ4v) is 1.80. The lowest BCUT2D eigenvalue weighted by molar-refractivity contribution is 0.100. The molecule has 0 saturated heterocycles. The number of carbonyl (C=O) groups excluding carboxylic acids is 1. The molecule has 2 aromatic rings. The summed E-state index contributed by atoms with van der Waals surface area (Å²) < 4.78 is 5.25. The van der Waals surface area contributed by atoms with Crippen molar-refractivity contribution >= 4 is 16.6 Å². The van der Waals surface area contributed by atoms with Crippen LogP contribution in [0.1, 0.15) is 10.4 Å². The fraction of sp³-hybridized carbons (Fsp3) is 0.154. The molecule has 0 aliphatic rings. The van der Waals surface area contributed by atoms with Gasteiger partial charge in [-0.15, -0.1) is 0 Å². The smallest absolute Gasteiger partial charge is 0.177 e. The Morgan fingerprint density at radius 2 is 1.88 bits per heavy atom. The van der Waals surface area contributed by atoms with Gasteiger partial charge in [0.1, 0.15) is 5.75 Å². The van der Waals surface area contributed by atoms with Gasteiger partial charge in [-0.05, 0) is 17.5 Å². The summed E-state index contributed by atoms with van der Waals surface area (Å²) in [5.41, 5.74) is 6.04. The van der Waals surface area contributed by atoms with E-state index >= 15 is 0 Å². The molecular formula is C13H13NO2. The molecule has 2 aromatic carbocycles. The van der Waals surface area contributed by atoms with Crippen LogP contribution in [0.2, 0.25) is 0 Å². The van der Waals surface area contributed by atoms with E-state index < -0.39 is 0 Å². The quantitative estimate of drug-likeness (QED) is 0.796. The first-order valence-corrected chi connectivity index (χ1v) is 5.07. The maximum atomic E-state index is 11.7. The zero-order chi connectivity index (χ0) is 11.5. The molecule has 0 aliphatic heterocycles. The number of hydrogen-bond acceptors (Lipinski definition) is 3. The second kappa shape index (κ2) is 4.33. The third-order valence-electron chi connectivity index (χ3n) is 2.59. The van der Waals surface area contributed by atoms with Crippen LogP contribution in [0.15, 0.2) is 36.4 Å². The van der Waals surface area contributed by atoms with Gasteiger partial charge in [-0.1, -0.05) is 24.3 Å². The van der Waals surface area contributed by atoms with E-state index in [2.05, 4.69) is 0 Å². The molecule has 2 rings (SSSR count). The largest absolute Gasteiger partial charge is 0.496 e. The van der Waals surface area contributed by atoms with Gasteiger partial charge in [-0.25, -0.2) is 0 Å². The number of ether oxygens (including phenoxy) is 1. The van der Waals surface area contributed by atoms with Crippen LogP contribution < -0.4 is 10.5 Å². The van der Waals surface area contributed by atoms with Gasteiger partial charge in [-0.2, -0.15) is 0 Å². The molecule has 0 atom stereocenters. The maximum Gasteiger partial charge on any atom is 0.177 e. The van der Waals surface area contributed by atoms with Gasteiger partial charge in [0.2, 0.25) is 0 Å². The van der Waals surface area contributed by atoms with Crippen molar-refractivity contribution in [3.05, 3.63) is 42.0 Å². The number of fused-ring (bicyclic) bond motifs is 1. The Morgan fingerprint density at radius 1 is 1.19 bits per heavy atom. The van der Waals surface area contributed by atoms with Crippen molar-refractivity contribution in [2.75, 3.05) is 13.7 Å². The van der Waals surface area contributed by atoms with Crippen molar-refractivity contribution in [2.24, 2.45) is 5.73 Å². The van der Waals surface area contributed by atoms with E-state index in [-0.39, 0.29) is 12.3 Å². The lowest BCUT2D eigenvalue weighted by Gasteiger charge is -2.08. The van der Waals surface area contributed by atoms with E-state index in [4.69, 9.17) is 10.5 Å². The zero-order valence-electron chi connectivity index (χ0n) is 9.07. The van der Waals surface area contributed by atoms with Crippen LogP contribution in [-0.2, 0) is 0 Å². The molecular weight excluding hydrogens is 202 g/mol. The Balaban J connectivity index is 2.74. The zero-order valence-corrected chi connectivity index (χ0v) is 9.07. The van der Waals surface area contributed by atoms with Crippen LogP contribution in [0.3, 0.4) is 0 Å². The van der Waals surface area contributed by atoms with Crippen molar-refractivity contribution in [3.8, 4) is 5.75 Å². The number of benzene rings is 2. The summed E-state index contributed by atoms with van der Waals surface area (Å²) in [4.78, 5) is 11.7. The predicted molar refractivity (Wildman–Crippen MR) is 63.9 cm³/mol. The minimum Gasteiger partial charge on any atom is -0.496 e.